The first-order valence-corrected chi connectivity index (χ1v) is 10.2. The van der Waals surface area contributed by atoms with E-state index in [0.29, 0.717) is 26.8 Å². The first kappa shape index (κ1) is 20.7. The number of ether oxygens (including phenoxy) is 1. The SMILES string of the molecule is [C-]#[N+]C(C)(C)c1cnc(Oc2ccc(F)cc2F)c(-c2cn(C)c(=O)c3sccc23)c1. The Morgan fingerprint density at radius 3 is 2.68 bits per heavy atom. The van der Waals surface area contributed by atoms with Crippen molar-refractivity contribution in [3.8, 4) is 22.8 Å². The van der Waals surface area contributed by atoms with Crippen molar-refractivity contribution in [2.45, 2.75) is 19.4 Å². The number of nitrogens with zero attached hydrogens (tertiary/aromatic N) is 3. The second-order valence-corrected chi connectivity index (χ2v) is 8.46. The smallest absolute Gasteiger partial charge is 0.268 e. The van der Waals surface area contributed by atoms with Gasteiger partial charge in [0.1, 0.15) is 10.5 Å². The summed E-state index contributed by atoms with van der Waals surface area (Å²) in [5.74, 6) is -1.68. The number of hydrogen-bond donors (Lipinski definition) is 0. The van der Waals surface area contributed by atoms with Gasteiger partial charge in [0, 0.05) is 55.9 Å². The fraction of sp³-hybridized carbons (Fsp3) is 0.174. The van der Waals surface area contributed by atoms with Crippen molar-refractivity contribution in [1.82, 2.24) is 9.55 Å². The lowest BCUT2D eigenvalue weighted by Crippen LogP contribution is -2.16. The topological polar surface area (TPSA) is 48.5 Å². The molecular formula is C23H17F2N3O2S. The lowest BCUT2D eigenvalue weighted by molar-refractivity contribution is 0.424. The molecule has 0 fully saturated rings. The van der Waals surface area contributed by atoms with Crippen LogP contribution in [0.2, 0.25) is 0 Å². The number of halogens is 2. The van der Waals surface area contributed by atoms with Gasteiger partial charge in [0.05, 0.1) is 5.56 Å². The number of aromatic nitrogens is 2. The van der Waals surface area contributed by atoms with E-state index in [1.807, 2.05) is 11.4 Å². The third-order valence-electron chi connectivity index (χ3n) is 5.02. The third kappa shape index (κ3) is 3.68. The van der Waals surface area contributed by atoms with Crippen LogP contribution in [-0.2, 0) is 12.6 Å². The van der Waals surface area contributed by atoms with E-state index in [2.05, 4.69) is 9.83 Å². The average Bonchev–Trinajstić information content (AvgIpc) is 3.23. The molecule has 0 unspecified atom stereocenters. The van der Waals surface area contributed by atoms with Crippen LogP contribution in [0.5, 0.6) is 11.6 Å². The molecule has 0 bridgehead atoms. The van der Waals surface area contributed by atoms with Gasteiger partial charge in [0.15, 0.2) is 11.6 Å². The number of hydrogen-bond acceptors (Lipinski definition) is 4. The van der Waals surface area contributed by atoms with Gasteiger partial charge in [-0.05, 0) is 29.6 Å². The zero-order valence-corrected chi connectivity index (χ0v) is 17.8. The molecule has 3 aromatic heterocycles. The number of fused-ring (bicyclic) bond motifs is 1. The Balaban J connectivity index is 1.98. The summed E-state index contributed by atoms with van der Waals surface area (Å²) in [6.45, 7) is 11.0. The van der Waals surface area contributed by atoms with Gasteiger partial charge in [-0.25, -0.2) is 20.3 Å². The Labute approximate surface area is 181 Å². The molecule has 4 aromatic rings. The molecule has 0 atom stereocenters. The van der Waals surface area contributed by atoms with E-state index in [1.54, 1.807) is 33.2 Å². The molecule has 0 aliphatic heterocycles. The summed E-state index contributed by atoms with van der Waals surface area (Å²) in [7, 11) is 1.64. The molecule has 0 aliphatic rings. The van der Waals surface area contributed by atoms with Crippen molar-refractivity contribution < 1.29 is 13.5 Å². The molecule has 4 rings (SSSR count). The van der Waals surface area contributed by atoms with Crippen molar-refractivity contribution in [3.63, 3.8) is 0 Å². The predicted molar refractivity (Wildman–Crippen MR) is 116 cm³/mol. The maximum absolute atomic E-state index is 14.2. The summed E-state index contributed by atoms with van der Waals surface area (Å²) in [5.41, 5.74) is 0.812. The van der Waals surface area contributed by atoms with E-state index < -0.39 is 17.2 Å². The van der Waals surface area contributed by atoms with Gasteiger partial charge in [0.25, 0.3) is 11.1 Å². The van der Waals surface area contributed by atoms with Crippen LogP contribution in [0, 0.1) is 18.2 Å². The van der Waals surface area contributed by atoms with Gasteiger partial charge in [-0.1, -0.05) is 0 Å². The summed E-state index contributed by atoms with van der Waals surface area (Å²) in [4.78, 5) is 20.5. The van der Waals surface area contributed by atoms with Gasteiger partial charge < -0.3 is 14.1 Å². The van der Waals surface area contributed by atoms with Crippen LogP contribution in [-0.4, -0.2) is 9.55 Å². The van der Waals surface area contributed by atoms with Crippen LogP contribution in [0.25, 0.3) is 26.1 Å². The highest BCUT2D eigenvalue weighted by Gasteiger charge is 2.29. The number of aryl methyl sites for hydroxylation is 1. The van der Waals surface area contributed by atoms with E-state index in [4.69, 9.17) is 11.3 Å². The molecule has 0 spiro atoms. The summed E-state index contributed by atoms with van der Waals surface area (Å²) in [6.07, 6.45) is 3.17. The molecular weight excluding hydrogens is 420 g/mol. The van der Waals surface area contributed by atoms with Gasteiger partial charge in [-0.3, -0.25) is 4.79 Å². The molecule has 0 N–H and O–H groups in total. The maximum atomic E-state index is 14.2. The normalized spacial score (nSPS) is 11.5. The quantitative estimate of drug-likeness (QED) is 0.374. The van der Waals surface area contributed by atoms with Crippen molar-refractivity contribution in [2.24, 2.45) is 7.05 Å². The van der Waals surface area contributed by atoms with Gasteiger partial charge in [-0.15, -0.1) is 11.3 Å². The first-order chi connectivity index (χ1) is 14.7. The van der Waals surface area contributed by atoms with E-state index in [-0.39, 0.29) is 17.2 Å². The number of rotatable bonds is 4. The third-order valence-corrected chi connectivity index (χ3v) is 5.92. The standard InChI is InChI=1S/C23H17F2N3O2S/c1-23(2,26-3)13-9-16(17-12-28(4)22(29)20-15(17)7-8-31-20)21(27-11-13)30-19-6-5-14(24)10-18(19)25/h5-12H,1-2,4H3. The van der Waals surface area contributed by atoms with Crippen LogP contribution >= 0.6 is 11.3 Å². The van der Waals surface area contributed by atoms with E-state index >= 15 is 0 Å². The van der Waals surface area contributed by atoms with Crippen molar-refractivity contribution in [2.75, 3.05) is 0 Å². The van der Waals surface area contributed by atoms with E-state index in [9.17, 15) is 13.6 Å². The zero-order chi connectivity index (χ0) is 22.3. The monoisotopic (exact) mass is 437 g/mol. The van der Waals surface area contributed by atoms with E-state index in [0.717, 1.165) is 12.1 Å². The second kappa shape index (κ2) is 7.60. The number of pyridine rings is 2. The Bertz CT molecular complexity index is 1420. The molecule has 0 saturated carbocycles. The summed E-state index contributed by atoms with van der Waals surface area (Å²) >= 11 is 1.32. The molecule has 0 saturated heterocycles. The van der Waals surface area contributed by atoms with Crippen LogP contribution < -0.4 is 10.3 Å². The summed E-state index contributed by atoms with van der Waals surface area (Å²) < 4.78 is 35.3. The summed E-state index contributed by atoms with van der Waals surface area (Å²) in [6, 6.07) is 6.60. The molecule has 3 heterocycles. The minimum atomic E-state index is -0.862. The molecule has 156 valence electrons. The highest BCUT2D eigenvalue weighted by Crippen LogP contribution is 2.39. The Morgan fingerprint density at radius 2 is 1.97 bits per heavy atom. The molecule has 5 nitrogen and oxygen atoms in total. The minimum Gasteiger partial charge on any atom is -0.435 e. The predicted octanol–water partition coefficient (Wildman–Crippen LogP) is 5.89. The Morgan fingerprint density at radius 1 is 1.19 bits per heavy atom. The molecule has 1 aromatic carbocycles. The zero-order valence-electron chi connectivity index (χ0n) is 16.9. The summed E-state index contributed by atoms with van der Waals surface area (Å²) in [5, 5.41) is 2.52. The van der Waals surface area contributed by atoms with Gasteiger partial charge in [-0.2, -0.15) is 0 Å². The van der Waals surface area contributed by atoms with Crippen molar-refractivity contribution in [1.29, 1.82) is 0 Å². The molecule has 0 radical (unpaired) electrons. The first-order valence-electron chi connectivity index (χ1n) is 9.30. The molecule has 0 amide bonds. The lowest BCUT2D eigenvalue weighted by atomic mass is 9.94. The van der Waals surface area contributed by atoms with Crippen LogP contribution in [0.1, 0.15) is 19.4 Å². The average molecular weight is 437 g/mol. The molecule has 31 heavy (non-hydrogen) atoms. The second-order valence-electron chi connectivity index (χ2n) is 7.55. The van der Waals surface area contributed by atoms with Gasteiger partial charge in [0.2, 0.25) is 5.88 Å². The molecule has 0 aliphatic carbocycles. The lowest BCUT2D eigenvalue weighted by Gasteiger charge is -2.17. The fourth-order valence-electron chi connectivity index (χ4n) is 3.17. The number of benzene rings is 1. The maximum Gasteiger partial charge on any atom is 0.268 e. The number of thiophene rings is 1. The molecule has 8 heteroatoms. The highest BCUT2D eigenvalue weighted by molar-refractivity contribution is 7.17. The van der Waals surface area contributed by atoms with Gasteiger partial charge >= 0.3 is 0 Å². The van der Waals surface area contributed by atoms with Crippen LogP contribution in [0.3, 0.4) is 0 Å². The fourth-order valence-corrected chi connectivity index (χ4v) is 4.06. The van der Waals surface area contributed by atoms with E-state index in [1.165, 1.54) is 28.2 Å². The van der Waals surface area contributed by atoms with Crippen molar-refractivity contribution in [3.05, 3.63) is 87.1 Å². The van der Waals surface area contributed by atoms with Crippen LogP contribution in [0.4, 0.5) is 8.78 Å². The van der Waals surface area contributed by atoms with Crippen LogP contribution in [0.15, 0.2) is 52.9 Å². The Kier molecular flexibility index (Phi) is 5.07. The van der Waals surface area contributed by atoms with Crippen molar-refractivity contribution >= 4 is 21.4 Å². The largest absolute Gasteiger partial charge is 0.435 e. The minimum absolute atomic E-state index is 0.0844. The highest BCUT2D eigenvalue weighted by atomic mass is 32.1. The Hall–Kier alpha value is -3.57.